The number of rotatable bonds is 6. The number of halogens is 4. The van der Waals surface area contributed by atoms with E-state index in [1.165, 1.54) is 12.1 Å². The molecule has 0 radical (unpaired) electrons. The molecular formula is C14H19ClF3N. The molecule has 1 nitrogen and oxygen atoms in total. The summed E-state index contributed by atoms with van der Waals surface area (Å²) in [5.74, 6) is 0.443. The van der Waals surface area contributed by atoms with Crippen LogP contribution < -0.4 is 5.32 Å². The molecule has 0 heterocycles. The SMILES string of the molecule is CCC(CC)(CCl)NCc1cccc(C(F)(F)F)c1. The van der Waals surface area contributed by atoms with Crippen LogP contribution in [0.25, 0.3) is 0 Å². The van der Waals surface area contributed by atoms with Gasteiger partial charge in [0, 0.05) is 18.0 Å². The normalized spacial score (nSPS) is 12.7. The minimum absolute atomic E-state index is 0.213. The topological polar surface area (TPSA) is 12.0 Å². The molecule has 0 saturated heterocycles. The Kier molecular flexibility index (Phi) is 5.68. The summed E-state index contributed by atoms with van der Waals surface area (Å²) in [7, 11) is 0. The third kappa shape index (κ3) is 4.39. The molecule has 1 N–H and O–H groups in total. The van der Waals surface area contributed by atoms with E-state index in [0.29, 0.717) is 18.0 Å². The minimum atomic E-state index is -4.30. The van der Waals surface area contributed by atoms with E-state index in [9.17, 15) is 13.2 Å². The first-order chi connectivity index (χ1) is 8.87. The predicted octanol–water partition coefficient (Wildman–Crippen LogP) is 4.59. The summed E-state index contributed by atoms with van der Waals surface area (Å²) in [5, 5.41) is 3.28. The van der Waals surface area contributed by atoms with Crippen molar-refractivity contribution in [1.82, 2.24) is 5.32 Å². The Bertz CT molecular complexity index is 392. The van der Waals surface area contributed by atoms with Crippen molar-refractivity contribution in [2.24, 2.45) is 0 Å². The van der Waals surface area contributed by atoms with Gasteiger partial charge in [0.05, 0.1) is 5.56 Å². The van der Waals surface area contributed by atoms with Crippen molar-refractivity contribution in [2.75, 3.05) is 5.88 Å². The first kappa shape index (κ1) is 16.3. The largest absolute Gasteiger partial charge is 0.416 e. The Morgan fingerprint density at radius 2 is 1.79 bits per heavy atom. The van der Waals surface area contributed by atoms with Gasteiger partial charge < -0.3 is 5.32 Å². The summed E-state index contributed by atoms with van der Waals surface area (Å²) in [6, 6.07) is 5.38. The molecule has 0 aromatic heterocycles. The van der Waals surface area contributed by atoms with Crippen LogP contribution in [-0.2, 0) is 12.7 Å². The van der Waals surface area contributed by atoms with Gasteiger partial charge in [0.2, 0.25) is 0 Å². The van der Waals surface area contributed by atoms with Crippen molar-refractivity contribution in [3.05, 3.63) is 35.4 Å². The van der Waals surface area contributed by atoms with E-state index >= 15 is 0 Å². The Labute approximate surface area is 117 Å². The van der Waals surface area contributed by atoms with Crippen molar-refractivity contribution >= 4 is 11.6 Å². The van der Waals surface area contributed by atoms with Gasteiger partial charge in [-0.3, -0.25) is 0 Å². The summed E-state index contributed by atoms with van der Waals surface area (Å²) in [5.41, 5.74) is -0.210. The van der Waals surface area contributed by atoms with Crippen LogP contribution in [0, 0.1) is 0 Å². The van der Waals surface area contributed by atoms with Crippen molar-refractivity contribution in [1.29, 1.82) is 0 Å². The van der Waals surface area contributed by atoms with Gasteiger partial charge >= 0.3 is 6.18 Å². The molecule has 1 aromatic rings. The second-order valence-electron chi connectivity index (χ2n) is 4.67. The van der Waals surface area contributed by atoms with Gasteiger partial charge in [-0.05, 0) is 24.5 Å². The van der Waals surface area contributed by atoms with Gasteiger partial charge in [0.15, 0.2) is 0 Å². The zero-order chi connectivity index (χ0) is 14.5. The highest BCUT2D eigenvalue weighted by atomic mass is 35.5. The van der Waals surface area contributed by atoms with Crippen LogP contribution in [0.15, 0.2) is 24.3 Å². The fourth-order valence-corrected chi connectivity index (χ4v) is 2.36. The molecule has 0 amide bonds. The van der Waals surface area contributed by atoms with E-state index in [-0.39, 0.29) is 5.54 Å². The van der Waals surface area contributed by atoms with Gasteiger partial charge in [-0.25, -0.2) is 0 Å². The molecule has 0 atom stereocenters. The fraction of sp³-hybridized carbons (Fsp3) is 0.571. The average Bonchev–Trinajstić information content (AvgIpc) is 2.40. The number of benzene rings is 1. The van der Waals surface area contributed by atoms with Crippen LogP contribution in [0.3, 0.4) is 0 Å². The number of alkyl halides is 4. The average molecular weight is 294 g/mol. The molecule has 0 bridgehead atoms. The molecule has 0 saturated carbocycles. The Morgan fingerprint density at radius 1 is 1.16 bits per heavy atom. The number of hydrogen-bond donors (Lipinski definition) is 1. The maximum atomic E-state index is 12.6. The molecule has 0 aliphatic carbocycles. The molecule has 0 aliphatic heterocycles. The lowest BCUT2D eigenvalue weighted by Crippen LogP contribution is -2.45. The van der Waals surface area contributed by atoms with E-state index in [0.717, 1.165) is 18.9 Å². The van der Waals surface area contributed by atoms with Crippen molar-refractivity contribution in [3.8, 4) is 0 Å². The molecule has 0 aliphatic rings. The van der Waals surface area contributed by atoms with Crippen molar-refractivity contribution in [3.63, 3.8) is 0 Å². The van der Waals surface area contributed by atoms with E-state index in [4.69, 9.17) is 11.6 Å². The van der Waals surface area contributed by atoms with E-state index in [2.05, 4.69) is 5.32 Å². The van der Waals surface area contributed by atoms with Crippen LogP contribution >= 0.6 is 11.6 Å². The second kappa shape index (κ2) is 6.62. The van der Waals surface area contributed by atoms with E-state index in [1.807, 2.05) is 13.8 Å². The van der Waals surface area contributed by atoms with Gasteiger partial charge in [0.25, 0.3) is 0 Å². The third-order valence-electron chi connectivity index (χ3n) is 3.53. The number of hydrogen-bond acceptors (Lipinski definition) is 1. The van der Waals surface area contributed by atoms with E-state index < -0.39 is 11.7 Å². The molecule has 1 rings (SSSR count). The van der Waals surface area contributed by atoms with Crippen molar-refractivity contribution in [2.45, 2.75) is 44.9 Å². The monoisotopic (exact) mass is 293 g/mol. The van der Waals surface area contributed by atoms with Crippen LogP contribution in [0.1, 0.15) is 37.8 Å². The molecular weight excluding hydrogens is 275 g/mol. The fourth-order valence-electron chi connectivity index (χ4n) is 1.88. The molecule has 108 valence electrons. The smallest absolute Gasteiger partial charge is 0.306 e. The van der Waals surface area contributed by atoms with E-state index in [1.54, 1.807) is 6.07 Å². The number of nitrogens with one attached hydrogen (secondary N) is 1. The highest BCUT2D eigenvalue weighted by molar-refractivity contribution is 6.18. The summed E-state index contributed by atoms with van der Waals surface area (Å²) in [6.07, 6.45) is -2.62. The van der Waals surface area contributed by atoms with Crippen molar-refractivity contribution < 1.29 is 13.2 Å². The Balaban J connectivity index is 2.78. The Morgan fingerprint density at radius 3 is 2.26 bits per heavy atom. The van der Waals surface area contributed by atoms with Gasteiger partial charge in [-0.15, -0.1) is 11.6 Å². The molecule has 19 heavy (non-hydrogen) atoms. The summed E-state index contributed by atoms with van der Waals surface area (Å²) in [4.78, 5) is 0. The standard InChI is InChI=1S/C14H19ClF3N/c1-3-13(4-2,10-15)19-9-11-6-5-7-12(8-11)14(16,17)18/h5-8,19H,3-4,9-10H2,1-2H3. The second-order valence-corrected chi connectivity index (χ2v) is 4.94. The Hall–Kier alpha value is -0.740. The van der Waals surface area contributed by atoms with Gasteiger partial charge in [-0.1, -0.05) is 32.0 Å². The first-order valence-electron chi connectivity index (χ1n) is 6.34. The highest BCUT2D eigenvalue weighted by Gasteiger charge is 2.30. The summed E-state index contributed by atoms with van der Waals surface area (Å²) in [6.45, 7) is 4.42. The summed E-state index contributed by atoms with van der Waals surface area (Å²) >= 11 is 5.95. The molecule has 1 aromatic carbocycles. The minimum Gasteiger partial charge on any atom is -0.306 e. The van der Waals surface area contributed by atoms with Gasteiger partial charge in [-0.2, -0.15) is 13.2 Å². The lowest BCUT2D eigenvalue weighted by molar-refractivity contribution is -0.137. The lowest BCUT2D eigenvalue weighted by atomic mass is 9.95. The zero-order valence-electron chi connectivity index (χ0n) is 11.1. The van der Waals surface area contributed by atoms with Gasteiger partial charge in [0.1, 0.15) is 0 Å². The molecule has 0 fully saturated rings. The lowest BCUT2D eigenvalue weighted by Gasteiger charge is -2.31. The molecule has 5 heteroatoms. The van der Waals surface area contributed by atoms with Crippen LogP contribution in [-0.4, -0.2) is 11.4 Å². The quantitative estimate of drug-likeness (QED) is 0.756. The predicted molar refractivity (Wildman–Crippen MR) is 72.3 cm³/mol. The zero-order valence-corrected chi connectivity index (χ0v) is 11.9. The first-order valence-corrected chi connectivity index (χ1v) is 6.87. The third-order valence-corrected chi connectivity index (χ3v) is 4.04. The maximum Gasteiger partial charge on any atom is 0.416 e. The molecule has 0 spiro atoms. The molecule has 0 unspecified atom stereocenters. The summed E-state index contributed by atoms with van der Waals surface area (Å²) < 4.78 is 37.8. The van der Waals surface area contributed by atoms with Crippen LogP contribution in [0.4, 0.5) is 13.2 Å². The highest BCUT2D eigenvalue weighted by Crippen LogP contribution is 2.29. The van der Waals surface area contributed by atoms with Crippen LogP contribution in [0.2, 0.25) is 0 Å². The van der Waals surface area contributed by atoms with Crippen LogP contribution in [0.5, 0.6) is 0 Å². The maximum absolute atomic E-state index is 12.6.